The summed E-state index contributed by atoms with van der Waals surface area (Å²) in [6.07, 6.45) is 0. The zero-order chi connectivity index (χ0) is 14.7. The number of benzene rings is 1. The zero-order valence-electron chi connectivity index (χ0n) is 10.4. The van der Waals surface area contributed by atoms with Crippen molar-refractivity contribution in [2.75, 3.05) is 6.54 Å². The lowest BCUT2D eigenvalue weighted by Crippen LogP contribution is -2.46. The quantitative estimate of drug-likeness (QED) is 0.485. The number of fused-ring (bicyclic) bond motifs is 1. The van der Waals surface area contributed by atoms with Crippen molar-refractivity contribution in [3.63, 3.8) is 0 Å². The van der Waals surface area contributed by atoms with E-state index in [1.165, 1.54) is 0 Å². The highest BCUT2D eigenvalue weighted by Crippen LogP contribution is 2.28. The van der Waals surface area contributed by atoms with Gasteiger partial charge in [-0.15, -0.1) is 0 Å². The molecule has 0 radical (unpaired) electrons. The molecule has 0 atom stereocenters. The summed E-state index contributed by atoms with van der Waals surface area (Å²) in [7, 11) is 0. The number of nitrogens with one attached hydrogen (secondary N) is 3. The normalized spacial score (nSPS) is 10.3. The fourth-order valence-corrected chi connectivity index (χ4v) is 3.23. The minimum absolute atomic E-state index is 0.132. The zero-order valence-corrected chi connectivity index (χ0v) is 14.2. The number of furan rings is 1. The van der Waals surface area contributed by atoms with Crippen LogP contribution in [0.5, 0.6) is 0 Å². The standard InChI is InChI=1S/C12H11BrIN3O3/c1-2-15-12(19)17-16-11(18)9-4-6-3-7(13)5-8(14)10(6)20-9/h3-5H,2H2,1H3,(H,16,18)(H2,15,17,19). The predicted molar refractivity (Wildman–Crippen MR) is 86.3 cm³/mol. The van der Waals surface area contributed by atoms with Crippen molar-refractivity contribution in [3.05, 3.63) is 32.0 Å². The maximum absolute atomic E-state index is 11.9. The Morgan fingerprint density at radius 3 is 2.75 bits per heavy atom. The molecule has 6 nitrogen and oxygen atoms in total. The molecule has 1 heterocycles. The molecule has 0 aliphatic rings. The third-order valence-electron chi connectivity index (χ3n) is 2.39. The van der Waals surface area contributed by atoms with Crippen molar-refractivity contribution in [1.82, 2.24) is 16.2 Å². The Balaban J connectivity index is 2.15. The van der Waals surface area contributed by atoms with E-state index in [0.717, 1.165) is 13.4 Å². The van der Waals surface area contributed by atoms with Gasteiger partial charge in [-0.3, -0.25) is 10.2 Å². The van der Waals surface area contributed by atoms with Crippen LogP contribution in [0.2, 0.25) is 0 Å². The van der Waals surface area contributed by atoms with Gasteiger partial charge in [0.15, 0.2) is 5.76 Å². The van der Waals surface area contributed by atoms with Crippen LogP contribution in [0.25, 0.3) is 11.0 Å². The number of urea groups is 1. The summed E-state index contributed by atoms with van der Waals surface area (Å²) in [5.74, 6) is -0.382. The third-order valence-corrected chi connectivity index (χ3v) is 3.65. The molecule has 2 aromatic rings. The van der Waals surface area contributed by atoms with E-state index in [1.54, 1.807) is 13.0 Å². The summed E-state index contributed by atoms with van der Waals surface area (Å²) < 4.78 is 7.29. The number of rotatable bonds is 2. The van der Waals surface area contributed by atoms with Crippen LogP contribution >= 0.6 is 38.5 Å². The second kappa shape index (κ2) is 6.44. The summed E-state index contributed by atoms with van der Waals surface area (Å²) in [4.78, 5) is 23.0. The first-order valence-corrected chi connectivity index (χ1v) is 7.61. The van der Waals surface area contributed by atoms with Gasteiger partial charge in [-0.2, -0.15) is 0 Å². The highest BCUT2D eigenvalue weighted by molar-refractivity contribution is 14.1. The topological polar surface area (TPSA) is 83.4 Å². The lowest BCUT2D eigenvalue weighted by atomic mass is 10.2. The van der Waals surface area contributed by atoms with Gasteiger partial charge in [0.2, 0.25) is 0 Å². The van der Waals surface area contributed by atoms with Gasteiger partial charge in [0, 0.05) is 16.4 Å². The van der Waals surface area contributed by atoms with Crippen LogP contribution in [0.4, 0.5) is 4.79 Å². The number of halogens is 2. The van der Waals surface area contributed by atoms with Gasteiger partial charge in [0.1, 0.15) is 5.58 Å². The molecule has 0 fully saturated rings. The smallest absolute Gasteiger partial charge is 0.333 e. The van der Waals surface area contributed by atoms with Gasteiger partial charge in [0.05, 0.1) is 3.57 Å². The van der Waals surface area contributed by atoms with Crippen molar-refractivity contribution in [3.8, 4) is 0 Å². The first-order valence-electron chi connectivity index (χ1n) is 5.74. The van der Waals surface area contributed by atoms with Crippen LogP contribution in [0, 0.1) is 3.57 Å². The molecule has 20 heavy (non-hydrogen) atoms. The minimum Gasteiger partial charge on any atom is -0.450 e. The maximum Gasteiger partial charge on any atom is 0.333 e. The van der Waals surface area contributed by atoms with Crippen LogP contribution < -0.4 is 16.2 Å². The summed E-state index contributed by atoms with van der Waals surface area (Å²) in [5, 5.41) is 3.30. The third kappa shape index (κ3) is 3.42. The predicted octanol–water partition coefficient (Wildman–Crippen LogP) is 2.76. The molecule has 3 amide bonds. The lowest BCUT2D eigenvalue weighted by molar-refractivity contribution is 0.0910. The Kier molecular flexibility index (Phi) is 4.86. The fourth-order valence-electron chi connectivity index (χ4n) is 1.57. The van der Waals surface area contributed by atoms with Crippen LogP contribution in [0.15, 0.2) is 27.1 Å². The molecule has 2 rings (SSSR count). The van der Waals surface area contributed by atoms with Crippen LogP contribution in [0.1, 0.15) is 17.5 Å². The second-order valence-electron chi connectivity index (χ2n) is 3.86. The highest BCUT2D eigenvalue weighted by Gasteiger charge is 2.15. The Morgan fingerprint density at radius 1 is 1.30 bits per heavy atom. The molecular weight excluding hydrogens is 441 g/mol. The number of hydrazine groups is 1. The molecular formula is C12H11BrIN3O3. The minimum atomic E-state index is -0.514. The molecule has 0 aliphatic heterocycles. The van der Waals surface area contributed by atoms with Crippen LogP contribution in [0.3, 0.4) is 0 Å². The highest BCUT2D eigenvalue weighted by atomic mass is 127. The van der Waals surface area contributed by atoms with Gasteiger partial charge < -0.3 is 9.73 Å². The first-order chi connectivity index (χ1) is 9.51. The van der Waals surface area contributed by atoms with E-state index in [4.69, 9.17) is 4.42 Å². The number of amides is 3. The lowest BCUT2D eigenvalue weighted by Gasteiger charge is -2.05. The van der Waals surface area contributed by atoms with Gasteiger partial charge in [-0.05, 0) is 47.7 Å². The first kappa shape index (κ1) is 15.1. The summed E-state index contributed by atoms with van der Waals surface area (Å²) >= 11 is 5.51. The van der Waals surface area contributed by atoms with Gasteiger partial charge in [-0.1, -0.05) is 15.9 Å². The van der Waals surface area contributed by atoms with E-state index < -0.39 is 11.9 Å². The number of hydrogen-bond donors (Lipinski definition) is 3. The largest absolute Gasteiger partial charge is 0.450 e. The Hall–Kier alpha value is -1.29. The van der Waals surface area contributed by atoms with Gasteiger partial charge >= 0.3 is 11.9 Å². The van der Waals surface area contributed by atoms with E-state index in [2.05, 4.69) is 54.7 Å². The van der Waals surface area contributed by atoms with Crippen molar-refractivity contribution < 1.29 is 14.0 Å². The van der Waals surface area contributed by atoms with E-state index in [-0.39, 0.29) is 5.76 Å². The van der Waals surface area contributed by atoms with E-state index in [9.17, 15) is 9.59 Å². The summed E-state index contributed by atoms with van der Waals surface area (Å²) in [6.45, 7) is 2.25. The van der Waals surface area contributed by atoms with E-state index in [1.807, 2.05) is 12.1 Å². The van der Waals surface area contributed by atoms with Crippen molar-refractivity contribution >= 4 is 61.4 Å². The van der Waals surface area contributed by atoms with Crippen LogP contribution in [-0.2, 0) is 0 Å². The van der Waals surface area contributed by atoms with Crippen LogP contribution in [-0.4, -0.2) is 18.5 Å². The van der Waals surface area contributed by atoms with E-state index in [0.29, 0.717) is 12.1 Å². The molecule has 0 aliphatic carbocycles. The SMILES string of the molecule is CCNC(=O)NNC(=O)c1cc2cc(Br)cc(I)c2o1. The summed E-state index contributed by atoms with van der Waals surface area (Å²) in [6, 6.07) is 4.89. The average Bonchev–Trinajstić information content (AvgIpc) is 2.80. The number of hydrogen-bond acceptors (Lipinski definition) is 3. The van der Waals surface area contributed by atoms with Crippen molar-refractivity contribution in [2.45, 2.75) is 6.92 Å². The number of carbonyl (C=O) groups excluding carboxylic acids is 2. The van der Waals surface area contributed by atoms with Crippen molar-refractivity contribution in [2.24, 2.45) is 0 Å². The molecule has 0 bridgehead atoms. The van der Waals surface area contributed by atoms with Gasteiger partial charge in [0.25, 0.3) is 0 Å². The Morgan fingerprint density at radius 2 is 2.05 bits per heavy atom. The molecule has 1 aromatic heterocycles. The monoisotopic (exact) mass is 451 g/mol. The Labute approximate surface area is 136 Å². The number of carbonyl (C=O) groups is 2. The molecule has 0 spiro atoms. The van der Waals surface area contributed by atoms with Crippen molar-refractivity contribution in [1.29, 1.82) is 0 Å². The molecule has 0 saturated carbocycles. The average molecular weight is 452 g/mol. The van der Waals surface area contributed by atoms with Gasteiger partial charge in [-0.25, -0.2) is 10.2 Å². The van der Waals surface area contributed by atoms with E-state index >= 15 is 0 Å². The maximum atomic E-state index is 11.9. The molecule has 0 unspecified atom stereocenters. The molecule has 8 heteroatoms. The molecule has 0 saturated heterocycles. The molecule has 3 N–H and O–H groups in total. The Bertz CT molecular complexity index is 671. The molecule has 1 aromatic carbocycles. The molecule has 106 valence electrons. The fraction of sp³-hybridized carbons (Fsp3) is 0.167. The second-order valence-corrected chi connectivity index (χ2v) is 5.93. The summed E-state index contributed by atoms with van der Waals surface area (Å²) in [5.41, 5.74) is 5.14.